The lowest BCUT2D eigenvalue weighted by atomic mass is 10.1. The number of nitrogens with zero attached hydrogens (tertiary/aromatic N) is 2. The molecule has 0 spiro atoms. The van der Waals surface area contributed by atoms with Crippen molar-refractivity contribution in [2.45, 2.75) is 6.92 Å². The smallest absolute Gasteiger partial charge is 0.260 e. The van der Waals surface area contributed by atoms with Crippen LogP contribution in [-0.4, -0.2) is 41.3 Å². The molecular formula is C17H17N3O3. The Kier molecular flexibility index (Phi) is 3.97. The van der Waals surface area contributed by atoms with E-state index in [1.807, 2.05) is 31.2 Å². The fourth-order valence-corrected chi connectivity index (χ4v) is 2.73. The van der Waals surface area contributed by atoms with Crippen molar-refractivity contribution in [1.82, 2.24) is 9.88 Å². The topological polar surface area (TPSA) is 73.5 Å². The Labute approximate surface area is 133 Å². The number of aromatic nitrogens is 1. The van der Waals surface area contributed by atoms with Gasteiger partial charge in [0.05, 0.1) is 0 Å². The molecule has 2 heterocycles. The Morgan fingerprint density at radius 3 is 2.57 bits per heavy atom. The quantitative estimate of drug-likeness (QED) is 0.905. The number of para-hydroxylation sites is 1. The summed E-state index contributed by atoms with van der Waals surface area (Å²) in [7, 11) is 0. The van der Waals surface area contributed by atoms with Crippen molar-refractivity contribution in [3.05, 3.63) is 64.1 Å². The van der Waals surface area contributed by atoms with Crippen LogP contribution in [0.4, 0.5) is 5.69 Å². The zero-order valence-electron chi connectivity index (χ0n) is 12.8. The number of anilines is 1. The molecule has 6 heteroatoms. The van der Waals surface area contributed by atoms with Crippen LogP contribution in [0.1, 0.15) is 15.9 Å². The van der Waals surface area contributed by atoms with Gasteiger partial charge in [0.1, 0.15) is 12.1 Å². The van der Waals surface area contributed by atoms with Gasteiger partial charge in [0.15, 0.2) is 0 Å². The van der Waals surface area contributed by atoms with Crippen LogP contribution in [0.15, 0.2) is 47.4 Å². The molecule has 0 atom stereocenters. The summed E-state index contributed by atoms with van der Waals surface area (Å²) in [6, 6.07) is 10.7. The maximum atomic E-state index is 12.4. The molecule has 2 amide bonds. The molecule has 118 valence electrons. The molecular weight excluding hydrogens is 294 g/mol. The number of nitrogens with one attached hydrogen (secondary N) is 1. The second-order valence-electron chi connectivity index (χ2n) is 5.47. The predicted molar refractivity (Wildman–Crippen MR) is 86.5 cm³/mol. The Morgan fingerprint density at radius 2 is 1.87 bits per heavy atom. The number of aromatic amines is 1. The summed E-state index contributed by atoms with van der Waals surface area (Å²) in [6.45, 7) is 2.73. The zero-order valence-corrected chi connectivity index (χ0v) is 12.8. The fraction of sp³-hybridized carbons (Fsp3) is 0.235. The average Bonchev–Trinajstić information content (AvgIpc) is 2.55. The first kappa shape index (κ1) is 15.0. The van der Waals surface area contributed by atoms with Crippen molar-refractivity contribution in [1.29, 1.82) is 0 Å². The highest BCUT2D eigenvalue weighted by atomic mass is 16.2. The van der Waals surface area contributed by atoms with E-state index in [0.717, 1.165) is 11.3 Å². The molecule has 1 N–H and O–H groups in total. The van der Waals surface area contributed by atoms with Gasteiger partial charge in [0, 0.05) is 25.0 Å². The number of carbonyl (C=O) groups is 2. The number of H-pyrrole nitrogens is 1. The maximum absolute atomic E-state index is 12.4. The lowest BCUT2D eigenvalue weighted by molar-refractivity contribution is -0.120. The number of carbonyl (C=O) groups excluding carboxylic acids is 2. The monoisotopic (exact) mass is 311 g/mol. The summed E-state index contributed by atoms with van der Waals surface area (Å²) in [5.41, 5.74) is 1.50. The fourth-order valence-electron chi connectivity index (χ4n) is 2.73. The van der Waals surface area contributed by atoms with Crippen LogP contribution in [0, 0.1) is 6.92 Å². The van der Waals surface area contributed by atoms with Gasteiger partial charge in [-0.15, -0.1) is 0 Å². The number of amides is 2. The highest BCUT2D eigenvalue weighted by Crippen LogP contribution is 2.21. The van der Waals surface area contributed by atoms with Gasteiger partial charge in [-0.1, -0.05) is 18.2 Å². The molecule has 6 nitrogen and oxygen atoms in total. The minimum absolute atomic E-state index is 0.0263. The van der Waals surface area contributed by atoms with Crippen LogP contribution < -0.4 is 10.5 Å². The Morgan fingerprint density at radius 1 is 1.09 bits per heavy atom. The van der Waals surface area contributed by atoms with E-state index in [9.17, 15) is 14.4 Å². The third-order valence-corrected chi connectivity index (χ3v) is 3.96. The van der Waals surface area contributed by atoms with Gasteiger partial charge in [0.25, 0.3) is 11.5 Å². The van der Waals surface area contributed by atoms with Crippen molar-refractivity contribution in [3.63, 3.8) is 0 Å². The largest absolute Gasteiger partial charge is 0.328 e. The van der Waals surface area contributed by atoms with Crippen LogP contribution in [0.2, 0.25) is 0 Å². The SMILES string of the molecule is Cc1ccccc1N1CCN(C(=O)c2ccc[nH]c2=O)CC1=O. The lowest BCUT2D eigenvalue weighted by Crippen LogP contribution is -2.53. The number of rotatable bonds is 2. The van der Waals surface area contributed by atoms with Crippen molar-refractivity contribution in [2.75, 3.05) is 24.5 Å². The summed E-state index contributed by atoms with van der Waals surface area (Å²) in [4.78, 5) is 42.1. The summed E-state index contributed by atoms with van der Waals surface area (Å²) >= 11 is 0. The maximum Gasteiger partial charge on any atom is 0.260 e. The van der Waals surface area contributed by atoms with Crippen molar-refractivity contribution < 1.29 is 9.59 Å². The van der Waals surface area contributed by atoms with Gasteiger partial charge in [-0.25, -0.2) is 0 Å². The van der Waals surface area contributed by atoms with E-state index in [1.54, 1.807) is 11.0 Å². The second-order valence-corrected chi connectivity index (χ2v) is 5.47. The van der Waals surface area contributed by atoms with E-state index in [1.165, 1.54) is 17.2 Å². The molecule has 23 heavy (non-hydrogen) atoms. The molecule has 0 bridgehead atoms. The van der Waals surface area contributed by atoms with E-state index < -0.39 is 11.5 Å². The van der Waals surface area contributed by atoms with Gasteiger partial charge >= 0.3 is 0 Å². The predicted octanol–water partition coefficient (Wildman–Crippen LogP) is 1.17. The molecule has 3 rings (SSSR count). The number of aryl methyl sites for hydroxylation is 1. The Bertz CT molecular complexity index is 812. The first-order valence-electron chi connectivity index (χ1n) is 7.41. The molecule has 0 aliphatic carbocycles. The number of hydrogen-bond acceptors (Lipinski definition) is 3. The highest BCUT2D eigenvalue weighted by Gasteiger charge is 2.29. The molecule has 2 aromatic rings. The molecule has 1 aliphatic rings. The van der Waals surface area contributed by atoms with Gasteiger partial charge in [-0.05, 0) is 30.7 Å². The minimum Gasteiger partial charge on any atom is -0.328 e. The van der Waals surface area contributed by atoms with E-state index in [-0.39, 0.29) is 18.0 Å². The van der Waals surface area contributed by atoms with Crippen LogP contribution in [0.25, 0.3) is 0 Å². The van der Waals surface area contributed by atoms with Gasteiger partial charge in [0.2, 0.25) is 5.91 Å². The normalized spacial score (nSPS) is 14.9. The first-order chi connectivity index (χ1) is 11.1. The number of hydrogen-bond donors (Lipinski definition) is 1. The van der Waals surface area contributed by atoms with Crippen molar-refractivity contribution in [2.24, 2.45) is 0 Å². The summed E-state index contributed by atoms with van der Waals surface area (Å²) in [5, 5.41) is 0. The highest BCUT2D eigenvalue weighted by molar-refractivity contribution is 6.01. The molecule has 1 saturated heterocycles. The standard InChI is InChI=1S/C17H17N3O3/c1-12-5-2-3-7-14(12)20-10-9-19(11-15(20)21)17(23)13-6-4-8-18-16(13)22/h2-8H,9-11H2,1H3,(H,18,22). The van der Waals surface area contributed by atoms with Gasteiger partial charge < -0.3 is 14.8 Å². The Balaban J connectivity index is 1.78. The van der Waals surface area contributed by atoms with Crippen LogP contribution in [-0.2, 0) is 4.79 Å². The molecule has 1 aromatic heterocycles. The molecule has 1 fully saturated rings. The minimum atomic E-state index is -0.439. The van der Waals surface area contributed by atoms with Crippen LogP contribution >= 0.6 is 0 Å². The summed E-state index contributed by atoms with van der Waals surface area (Å²) in [6.07, 6.45) is 1.47. The molecule has 0 unspecified atom stereocenters. The average molecular weight is 311 g/mol. The van der Waals surface area contributed by atoms with Gasteiger partial charge in [-0.2, -0.15) is 0 Å². The van der Waals surface area contributed by atoms with Crippen LogP contribution in [0.5, 0.6) is 0 Å². The lowest BCUT2D eigenvalue weighted by Gasteiger charge is -2.34. The van der Waals surface area contributed by atoms with E-state index in [4.69, 9.17) is 0 Å². The van der Waals surface area contributed by atoms with E-state index in [0.29, 0.717) is 13.1 Å². The summed E-state index contributed by atoms with van der Waals surface area (Å²) < 4.78 is 0. The third kappa shape index (κ3) is 2.88. The summed E-state index contributed by atoms with van der Waals surface area (Å²) in [5.74, 6) is -0.559. The second kappa shape index (κ2) is 6.08. The van der Waals surface area contributed by atoms with Crippen molar-refractivity contribution >= 4 is 17.5 Å². The van der Waals surface area contributed by atoms with Gasteiger partial charge in [-0.3, -0.25) is 14.4 Å². The molecule has 1 aliphatic heterocycles. The number of pyridine rings is 1. The number of benzene rings is 1. The first-order valence-corrected chi connectivity index (χ1v) is 7.41. The van der Waals surface area contributed by atoms with E-state index in [2.05, 4.69) is 4.98 Å². The van der Waals surface area contributed by atoms with Crippen molar-refractivity contribution in [3.8, 4) is 0 Å². The zero-order chi connectivity index (χ0) is 16.4. The Hall–Kier alpha value is -2.89. The molecule has 0 radical (unpaired) electrons. The number of piperazine rings is 1. The third-order valence-electron chi connectivity index (χ3n) is 3.96. The van der Waals surface area contributed by atoms with Crippen LogP contribution in [0.3, 0.4) is 0 Å². The molecule has 0 saturated carbocycles. The van der Waals surface area contributed by atoms with E-state index >= 15 is 0 Å². The molecule has 1 aromatic carbocycles.